The fourth-order valence-corrected chi connectivity index (χ4v) is 3.58. The molecule has 0 saturated heterocycles. The minimum Gasteiger partial charge on any atom is -0.497 e. The quantitative estimate of drug-likeness (QED) is 0.654. The zero-order valence-corrected chi connectivity index (χ0v) is 14.0. The van der Waals surface area contributed by atoms with Crippen LogP contribution < -0.4 is 10.1 Å². The van der Waals surface area contributed by atoms with E-state index in [0.29, 0.717) is 10.8 Å². The molecule has 3 aromatic rings. The van der Waals surface area contributed by atoms with E-state index in [1.165, 1.54) is 23.0 Å². The Morgan fingerprint density at radius 2 is 1.91 bits per heavy atom. The van der Waals surface area contributed by atoms with Crippen LogP contribution in [0.2, 0.25) is 0 Å². The van der Waals surface area contributed by atoms with Gasteiger partial charge in [-0.15, -0.1) is 10.2 Å². The first-order valence-corrected chi connectivity index (χ1v) is 8.65. The highest BCUT2D eigenvalue weighted by Gasteiger charge is 2.08. The Morgan fingerprint density at radius 1 is 1.13 bits per heavy atom. The van der Waals surface area contributed by atoms with Gasteiger partial charge in [0.1, 0.15) is 11.6 Å². The molecule has 23 heavy (non-hydrogen) atoms. The molecule has 2 aromatic carbocycles. The van der Waals surface area contributed by atoms with Gasteiger partial charge in [-0.25, -0.2) is 4.39 Å². The predicted octanol–water partition coefficient (Wildman–Crippen LogP) is 4.72. The first-order valence-electron chi connectivity index (χ1n) is 6.85. The van der Waals surface area contributed by atoms with Crippen molar-refractivity contribution in [2.24, 2.45) is 0 Å². The maximum Gasteiger partial charge on any atom is 0.210 e. The van der Waals surface area contributed by atoms with E-state index in [1.54, 1.807) is 37.1 Å². The smallest absolute Gasteiger partial charge is 0.210 e. The molecule has 7 heteroatoms. The zero-order valence-electron chi connectivity index (χ0n) is 12.3. The van der Waals surface area contributed by atoms with Crippen LogP contribution in [0.1, 0.15) is 5.56 Å². The van der Waals surface area contributed by atoms with Crippen LogP contribution >= 0.6 is 23.1 Å². The van der Waals surface area contributed by atoms with Crippen LogP contribution in [0.15, 0.2) is 52.9 Å². The third kappa shape index (κ3) is 4.20. The Kier molecular flexibility index (Phi) is 5.09. The SMILES string of the molecule is COc1ccc(CSc2nnc(Nc3ccccc3F)s2)cc1. The van der Waals surface area contributed by atoms with Gasteiger partial charge in [0.15, 0.2) is 4.34 Å². The molecule has 0 aliphatic carbocycles. The van der Waals surface area contributed by atoms with E-state index in [0.717, 1.165) is 15.8 Å². The van der Waals surface area contributed by atoms with Crippen LogP contribution in [-0.2, 0) is 5.75 Å². The lowest BCUT2D eigenvalue weighted by atomic mass is 10.2. The number of benzene rings is 2. The molecule has 0 saturated carbocycles. The Hall–Kier alpha value is -2.12. The van der Waals surface area contributed by atoms with Crippen molar-refractivity contribution >= 4 is 33.9 Å². The van der Waals surface area contributed by atoms with Crippen LogP contribution in [0.25, 0.3) is 0 Å². The van der Waals surface area contributed by atoms with Crippen molar-refractivity contribution in [2.45, 2.75) is 10.1 Å². The summed E-state index contributed by atoms with van der Waals surface area (Å²) in [5, 5.41) is 11.7. The number of hydrogen-bond acceptors (Lipinski definition) is 6. The summed E-state index contributed by atoms with van der Waals surface area (Å²) in [6.07, 6.45) is 0. The highest BCUT2D eigenvalue weighted by Crippen LogP contribution is 2.30. The van der Waals surface area contributed by atoms with Gasteiger partial charge in [-0.2, -0.15) is 0 Å². The Labute approximate surface area is 141 Å². The average Bonchev–Trinajstić information content (AvgIpc) is 3.03. The second-order valence-electron chi connectivity index (χ2n) is 4.61. The molecule has 4 nitrogen and oxygen atoms in total. The van der Waals surface area contributed by atoms with Gasteiger partial charge in [-0.1, -0.05) is 47.4 Å². The summed E-state index contributed by atoms with van der Waals surface area (Å²) in [6.45, 7) is 0. The molecule has 0 unspecified atom stereocenters. The van der Waals surface area contributed by atoms with E-state index in [4.69, 9.17) is 4.74 Å². The lowest BCUT2D eigenvalue weighted by Gasteiger charge is -2.02. The van der Waals surface area contributed by atoms with Gasteiger partial charge in [0.25, 0.3) is 0 Å². The first kappa shape index (κ1) is 15.8. The van der Waals surface area contributed by atoms with Crippen LogP contribution in [0.4, 0.5) is 15.2 Å². The number of rotatable bonds is 6. The monoisotopic (exact) mass is 347 g/mol. The summed E-state index contributed by atoms with van der Waals surface area (Å²) >= 11 is 2.99. The van der Waals surface area contributed by atoms with Gasteiger partial charge < -0.3 is 10.1 Å². The molecule has 0 aliphatic heterocycles. The minimum absolute atomic E-state index is 0.310. The largest absolute Gasteiger partial charge is 0.497 e. The molecule has 0 amide bonds. The fraction of sp³-hybridized carbons (Fsp3) is 0.125. The predicted molar refractivity (Wildman–Crippen MR) is 92.1 cm³/mol. The fourth-order valence-electron chi connectivity index (χ4n) is 1.86. The lowest BCUT2D eigenvalue weighted by Crippen LogP contribution is -1.92. The number of hydrogen-bond donors (Lipinski definition) is 1. The van der Waals surface area contributed by atoms with Crippen molar-refractivity contribution < 1.29 is 9.13 Å². The highest BCUT2D eigenvalue weighted by atomic mass is 32.2. The van der Waals surface area contributed by atoms with Crippen molar-refractivity contribution in [2.75, 3.05) is 12.4 Å². The van der Waals surface area contributed by atoms with E-state index in [1.807, 2.05) is 24.3 Å². The van der Waals surface area contributed by atoms with E-state index < -0.39 is 0 Å². The van der Waals surface area contributed by atoms with Crippen molar-refractivity contribution in [3.05, 3.63) is 59.9 Å². The molecule has 0 atom stereocenters. The number of nitrogens with zero attached hydrogens (tertiary/aromatic N) is 2. The van der Waals surface area contributed by atoms with E-state index >= 15 is 0 Å². The third-order valence-electron chi connectivity index (χ3n) is 3.04. The van der Waals surface area contributed by atoms with Gasteiger partial charge in [-0.3, -0.25) is 0 Å². The Bertz CT molecular complexity index is 777. The summed E-state index contributed by atoms with van der Waals surface area (Å²) in [5.41, 5.74) is 1.57. The van der Waals surface area contributed by atoms with Gasteiger partial charge in [0.05, 0.1) is 12.8 Å². The highest BCUT2D eigenvalue weighted by molar-refractivity contribution is 8.00. The molecule has 0 spiro atoms. The van der Waals surface area contributed by atoms with Crippen LogP contribution in [0.5, 0.6) is 5.75 Å². The van der Waals surface area contributed by atoms with Crippen molar-refractivity contribution in [1.29, 1.82) is 0 Å². The molecular formula is C16H14FN3OS2. The maximum absolute atomic E-state index is 13.6. The number of halogens is 1. The van der Waals surface area contributed by atoms with Crippen LogP contribution in [0, 0.1) is 5.82 Å². The van der Waals surface area contributed by atoms with Gasteiger partial charge in [0, 0.05) is 5.75 Å². The second-order valence-corrected chi connectivity index (χ2v) is 6.81. The summed E-state index contributed by atoms with van der Waals surface area (Å²) in [5.74, 6) is 1.32. The third-order valence-corrected chi connectivity index (χ3v) is 5.09. The molecule has 0 radical (unpaired) electrons. The summed E-state index contributed by atoms with van der Waals surface area (Å²) in [7, 11) is 1.65. The average molecular weight is 347 g/mol. The van der Waals surface area contributed by atoms with Crippen LogP contribution in [-0.4, -0.2) is 17.3 Å². The van der Waals surface area contributed by atoms with E-state index in [2.05, 4.69) is 15.5 Å². The van der Waals surface area contributed by atoms with Gasteiger partial charge in [-0.05, 0) is 29.8 Å². The molecule has 0 fully saturated rings. The molecule has 1 heterocycles. The van der Waals surface area contributed by atoms with Gasteiger partial charge in [0.2, 0.25) is 5.13 Å². The zero-order chi connectivity index (χ0) is 16.1. The summed E-state index contributed by atoms with van der Waals surface area (Å²) in [6, 6.07) is 14.4. The first-order chi connectivity index (χ1) is 11.2. The van der Waals surface area contributed by atoms with E-state index in [-0.39, 0.29) is 5.82 Å². The standard InChI is InChI=1S/C16H14FN3OS2/c1-21-12-8-6-11(7-9-12)10-22-16-20-19-15(23-16)18-14-5-3-2-4-13(14)17/h2-9H,10H2,1H3,(H,18,19). The number of thioether (sulfide) groups is 1. The van der Waals surface area contributed by atoms with Gasteiger partial charge >= 0.3 is 0 Å². The summed E-state index contributed by atoms with van der Waals surface area (Å²) < 4.78 is 19.6. The molecule has 0 aliphatic rings. The summed E-state index contributed by atoms with van der Waals surface area (Å²) in [4.78, 5) is 0. The number of methoxy groups -OCH3 is 1. The van der Waals surface area contributed by atoms with E-state index in [9.17, 15) is 4.39 Å². The Morgan fingerprint density at radius 3 is 2.65 bits per heavy atom. The topological polar surface area (TPSA) is 47.0 Å². The van der Waals surface area contributed by atoms with Crippen LogP contribution in [0.3, 0.4) is 0 Å². The lowest BCUT2D eigenvalue weighted by molar-refractivity contribution is 0.414. The molecule has 0 bridgehead atoms. The van der Waals surface area contributed by atoms with Crippen molar-refractivity contribution in [1.82, 2.24) is 10.2 Å². The van der Waals surface area contributed by atoms with Crippen molar-refractivity contribution in [3.63, 3.8) is 0 Å². The van der Waals surface area contributed by atoms with Crippen molar-refractivity contribution in [3.8, 4) is 5.75 Å². The number of para-hydroxylation sites is 1. The second kappa shape index (κ2) is 7.43. The minimum atomic E-state index is -0.310. The number of ether oxygens (including phenoxy) is 1. The molecular weight excluding hydrogens is 333 g/mol. The maximum atomic E-state index is 13.6. The Balaban J connectivity index is 1.59. The molecule has 3 rings (SSSR count). The molecule has 1 aromatic heterocycles. The number of nitrogens with one attached hydrogen (secondary N) is 1. The normalized spacial score (nSPS) is 10.5. The number of aromatic nitrogens is 2. The molecule has 118 valence electrons. The number of anilines is 2. The molecule has 1 N–H and O–H groups in total.